The van der Waals surface area contributed by atoms with Crippen LogP contribution in [0.15, 0.2) is 60.8 Å². The lowest BCUT2D eigenvalue weighted by Gasteiger charge is -2.24. The van der Waals surface area contributed by atoms with Crippen LogP contribution >= 0.6 is 0 Å². The molecule has 0 spiro atoms. The predicted octanol–water partition coefficient (Wildman–Crippen LogP) is 3.38. The molecule has 1 aliphatic heterocycles. The van der Waals surface area contributed by atoms with Gasteiger partial charge in [-0.15, -0.1) is 0 Å². The number of para-hydroxylation sites is 2. The molecule has 0 radical (unpaired) electrons. The smallest absolute Gasteiger partial charge is 0.339 e. The van der Waals surface area contributed by atoms with Crippen LogP contribution in [0, 0.1) is 0 Å². The highest BCUT2D eigenvalue weighted by atomic mass is 16.5. The molecule has 2 heterocycles. The van der Waals surface area contributed by atoms with Crippen molar-refractivity contribution < 1.29 is 14.3 Å². The Hall–Kier alpha value is -3.45. The van der Waals surface area contributed by atoms with Gasteiger partial charge < -0.3 is 15.4 Å². The highest BCUT2D eigenvalue weighted by molar-refractivity contribution is 6.08. The van der Waals surface area contributed by atoms with E-state index in [0.29, 0.717) is 16.8 Å². The second-order valence-electron chi connectivity index (χ2n) is 7.21. The number of esters is 1. The minimum absolute atomic E-state index is 0.213. The molecule has 1 aliphatic rings. The van der Waals surface area contributed by atoms with Crippen LogP contribution in [0.2, 0.25) is 0 Å². The number of methoxy groups -OCH3 is 1. The zero-order valence-electron chi connectivity index (χ0n) is 16.8. The third-order valence-corrected chi connectivity index (χ3v) is 5.36. The van der Waals surface area contributed by atoms with Crippen molar-refractivity contribution in [1.29, 1.82) is 0 Å². The standard InChI is InChI=1S/C23H24N4O3/c1-30-23(29)18-9-5-6-10-20(18)26-22(28)19-15-25-27(17-7-3-2-4-8-17)21(19)16-11-13-24-14-12-16/h2-10,15-16,24H,11-14H2,1H3,(H,26,28). The zero-order valence-corrected chi connectivity index (χ0v) is 16.8. The molecule has 4 rings (SSSR count). The normalized spacial score (nSPS) is 14.3. The summed E-state index contributed by atoms with van der Waals surface area (Å²) in [6, 6.07) is 16.6. The highest BCUT2D eigenvalue weighted by Gasteiger charge is 2.27. The number of nitrogens with one attached hydrogen (secondary N) is 2. The summed E-state index contributed by atoms with van der Waals surface area (Å²) in [7, 11) is 1.32. The van der Waals surface area contributed by atoms with Gasteiger partial charge in [-0.3, -0.25) is 4.79 Å². The fourth-order valence-corrected chi connectivity index (χ4v) is 3.87. The number of benzene rings is 2. The first-order chi connectivity index (χ1) is 14.7. The summed E-state index contributed by atoms with van der Waals surface area (Å²) >= 11 is 0. The summed E-state index contributed by atoms with van der Waals surface area (Å²) in [6.45, 7) is 1.80. The Balaban J connectivity index is 1.71. The molecule has 7 heteroatoms. The van der Waals surface area contributed by atoms with Crippen molar-refractivity contribution in [3.63, 3.8) is 0 Å². The first kappa shape index (κ1) is 19.8. The summed E-state index contributed by atoms with van der Waals surface area (Å²) in [4.78, 5) is 25.3. The molecule has 154 valence electrons. The van der Waals surface area contributed by atoms with Crippen LogP contribution in [0.5, 0.6) is 0 Å². The van der Waals surface area contributed by atoms with E-state index in [9.17, 15) is 9.59 Å². The van der Waals surface area contributed by atoms with Crippen LogP contribution in [0.3, 0.4) is 0 Å². The molecule has 1 saturated heterocycles. The molecule has 1 aromatic heterocycles. The number of piperidine rings is 1. The van der Waals surface area contributed by atoms with Crippen molar-refractivity contribution in [1.82, 2.24) is 15.1 Å². The van der Waals surface area contributed by atoms with Gasteiger partial charge in [0.05, 0.1) is 41.5 Å². The maximum atomic E-state index is 13.3. The molecule has 30 heavy (non-hydrogen) atoms. The number of ether oxygens (including phenoxy) is 1. The molecular weight excluding hydrogens is 380 g/mol. The monoisotopic (exact) mass is 404 g/mol. The lowest BCUT2D eigenvalue weighted by molar-refractivity contribution is 0.0602. The molecule has 0 atom stereocenters. The van der Waals surface area contributed by atoms with Crippen LogP contribution < -0.4 is 10.6 Å². The Morgan fingerprint density at radius 1 is 1.03 bits per heavy atom. The summed E-state index contributed by atoms with van der Waals surface area (Å²) in [5.74, 6) is -0.572. The zero-order chi connectivity index (χ0) is 20.9. The van der Waals surface area contributed by atoms with Crippen molar-refractivity contribution in [2.24, 2.45) is 0 Å². The fourth-order valence-electron chi connectivity index (χ4n) is 3.87. The van der Waals surface area contributed by atoms with E-state index in [1.54, 1.807) is 30.5 Å². The average molecular weight is 404 g/mol. The van der Waals surface area contributed by atoms with E-state index in [4.69, 9.17) is 4.74 Å². The van der Waals surface area contributed by atoms with E-state index in [1.807, 2.05) is 35.0 Å². The lowest BCUT2D eigenvalue weighted by Crippen LogP contribution is -2.29. The largest absolute Gasteiger partial charge is 0.465 e. The SMILES string of the molecule is COC(=O)c1ccccc1NC(=O)c1cnn(-c2ccccc2)c1C1CCNCC1. The topological polar surface area (TPSA) is 85.2 Å². The molecule has 0 bridgehead atoms. The molecule has 1 amide bonds. The molecule has 7 nitrogen and oxygen atoms in total. The van der Waals surface area contributed by atoms with Crippen LogP contribution in [0.1, 0.15) is 45.2 Å². The average Bonchev–Trinajstić information content (AvgIpc) is 3.25. The van der Waals surface area contributed by atoms with E-state index >= 15 is 0 Å². The van der Waals surface area contributed by atoms with E-state index in [1.165, 1.54) is 7.11 Å². The molecule has 1 fully saturated rings. The first-order valence-corrected chi connectivity index (χ1v) is 10.0. The first-order valence-electron chi connectivity index (χ1n) is 10.0. The van der Waals surface area contributed by atoms with Gasteiger partial charge >= 0.3 is 5.97 Å². The number of amides is 1. The fraction of sp³-hybridized carbons (Fsp3) is 0.261. The summed E-state index contributed by atoms with van der Waals surface area (Å²) in [6.07, 6.45) is 3.47. The number of rotatable bonds is 5. The van der Waals surface area contributed by atoms with E-state index < -0.39 is 5.97 Å². The van der Waals surface area contributed by atoms with Crippen molar-refractivity contribution in [2.75, 3.05) is 25.5 Å². The molecule has 2 N–H and O–H groups in total. The maximum Gasteiger partial charge on any atom is 0.339 e. The molecule has 2 aromatic carbocycles. The molecule has 0 unspecified atom stereocenters. The number of anilines is 1. The Labute approximate surface area is 175 Å². The van der Waals surface area contributed by atoms with Crippen molar-refractivity contribution in [3.05, 3.63) is 77.6 Å². The van der Waals surface area contributed by atoms with Crippen LogP contribution in [-0.2, 0) is 4.74 Å². The van der Waals surface area contributed by atoms with Gasteiger partial charge in [0.15, 0.2) is 0 Å². The Bertz CT molecular complexity index is 1040. The van der Waals surface area contributed by atoms with Gasteiger partial charge in [0, 0.05) is 5.92 Å². The number of carbonyl (C=O) groups excluding carboxylic acids is 2. The summed E-state index contributed by atoms with van der Waals surface area (Å²) in [5, 5.41) is 10.8. The minimum atomic E-state index is -0.496. The predicted molar refractivity (Wildman–Crippen MR) is 114 cm³/mol. The van der Waals surface area contributed by atoms with Gasteiger partial charge in [-0.05, 0) is 50.2 Å². The van der Waals surface area contributed by atoms with Gasteiger partial charge in [-0.2, -0.15) is 5.10 Å². The second-order valence-corrected chi connectivity index (χ2v) is 7.21. The maximum absolute atomic E-state index is 13.3. The van der Waals surface area contributed by atoms with E-state index in [2.05, 4.69) is 15.7 Å². The lowest BCUT2D eigenvalue weighted by atomic mass is 9.91. The number of hydrogen-bond donors (Lipinski definition) is 2. The number of hydrogen-bond acceptors (Lipinski definition) is 5. The van der Waals surface area contributed by atoms with Crippen LogP contribution in [-0.4, -0.2) is 41.9 Å². The Morgan fingerprint density at radius 2 is 1.73 bits per heavy atom. The number of carbonyl (C=O) groups is 2. The number of aromatic nitrogens is 2. The van der Waals surface area contributed by atoms with E-state index in [0.717, 1.165) is 37.3 Å². The summed E-state index contributed by atoms with van der Waals surface area (Å²) < 4.78 is 6.69. The molecule has 0 saturated carbocycles. The van der Waals surface area contributed by atoms with Crippen molar-refractivity contribution >= 4 is 17.6 Å². The number of nitrogens with zero attached hydrogens (tertiary/aromatic N) is 2. The van der Waals surface area contributed by atoms with Crippen molar-refractivity contribution in [3.8, 4) is 5.69 Å². The Morgan fingerprint density at radius 3 is 2.47 bits per heavy atom. The Kier molecular flexibility index (Phi) is 5.90. The molecule has 0 aliphatic carbocycles. The van der Waals surface area contributed by atoms with Gasteiger partial charge in [0.1, 0.15) is 0 Å². The van der Waals surface area contributed by atoms with E-state index in [-0.39, 0.29) is 11.8 Å². The van der Waals surface area contributed by atoms with Crippen molar-refractivity contribution in [2.45, 2.75) is 18.8 Å². The van der Waals surface area contributed by atoms with Gasteiger partial charge in [-0.1, -0.05) is 30.3 Å². The minimum Gasteiger partial charge on any atom is -0.465 e. The highest BCUT2D eigenvalue weighted by Crippen LogP contribution is 2.31. The van der Waals surface area contributed by atoms with Crippen LogP contribution in [0.4, 0.5) is 5.69 Å². The van der Waals surface area contributed by atoms with Gasteiger partial charge in [0.25, 0.3) is 5.91 Å². The molecule has 3 aromatic rings. The molecular formula is C23H24N4O3. The third-order valence-electron chi connectivity index (χ3n) is 5.36. The van der Waals surface area contributed by atoms with Gasteiger partial charge in [-0.25, -0.2) is 9.48 Å². The second kappa shape index (κ2) is 8.92. The summed E-state index contributed by atoms with van der Waals surface area (Å²) in [5.41, 5.74) is 3.06. The van der Waals surface area contributed by atoms with Gasteiger partial charge in [0.2, 0.25) is 0 Å². The van der Waals surface area contributed by atoms with Crippen LogP contribution in [0.25, 0.3) is 5.69 Å². The quantitative estimate of drug-likeness (QED) is 0.637. The third kappa shape index (κ3) is 3.97.